The molecule has 2 N–H and O–H groups in total. The van der Waals surface area contributed by atoms with E-state index in [1.165, 1.54) is 18.9 Å². The third-order valence-electron chi connectivity index (χ3n) is 4.24. The number of halogens is 1. The molecule has 0 aliphatic carbocycles. The van der Waals surface area contributed by atoms with Crippen molar-refractivity contribution in [3.8, 4) is 0 Å². The van der Waals surface area contributed by atoms with Crippen molar-refractivity contribution in [2.75, 3.05) is 33.7 Å². The summed E-state index contributed by atoms with van der Waals surface area (Å²) in [7, 11) is 4.29. The standard InChI is InChI=1S/C16H26FN3/c1-19(2)15-7-4-9-20(12-15)10-8-16(18)13-5-3-6-14(17)11-13/h3,5-6,11,15-16H,4,7-10,12,18H2,1-2H3. The maximum atomic E-state index is 13.2. The third kappa shape index (κ3) is 4.27. The van der Waals surface area contributed by atoms with Crippen LogP contribution in [0.2, 0.25) is 0 Å². The van der Waals surface area contributed by atoms with Crippen molar-refractivity contribution in [1.82, 2.24) is 9.80 Å². The fraction of sp³-hybridized carbons (Fsp3) is 0.625. The molecule has 1 aromatic rings. The molecule has 0 aromatic heterocycles. The predicted molar refractivity (Wildman–Crippen MR) is 81.1 cm³/mol. The summed E-state index contributed by atoms with van der Waals surface area (Å²) in [5.41, 5.74) is 7.07. The van der Waals surface area contributed by atoms with E-state index in [9.17, 15) is 4.39 Å². The number of benzene rings is 1. The van der Waals surface area contributed by atoms with Gasteiger partial charge in [-0.1, -0.05) is 12.1 Å². The van der Waals surface area contributed by atoms with Crippen molar-refractivity contribution < 1.29 is 4.39 Å². The molecule has 0 radical (unpaired) electrons. The Morgan fingerprint density at radius 1 is 1.45 bits per heavy atom. The van der Waals surface area contributed by atoms with Gasteiger partial charge < -0.3 is 15.5 Å². The quantitative estimate of drug-likeness (QED) is 0.897. The SMILES string of the molecule is CN(C)C1CCCN(CCC(N)c2cccc(F)c2)C1. The van der Waals surface area contributed by atoms with E-state index in [-0.39, 0.29) is 11.9 Å². The normalized spacial score (nSPS) is 22.1. The maximum absolute atomic E-state index is 13.2. The van der Waals surface area contributed by atoms with Crippen LogP contribution in [0.1, 0.15) is 30.9 Å². The highest BCUT2D eigenvalue weighted by Crippen LogP contribution is 2.18. The van der Waals surface area contributed by atoms with Gasteiger partial charge in [0, 0.05) is 18.6 Å². The molecule has 112 valence electrons. The number of piperidine rings is 1. The number of nitrogens with two attached hydrogens (primary N) is 1. The van der Waals surface area contributed by atoms with Gasteiger partial charge in [0.1, 0.15) is 5.82 Å². The summed E-state index contributed by atoms with van der Waals surface area (Å²) >= 11 is 0. The first-order chi connectivity index (χ1) is 9.56. The van der Waals surface area contributed by atoms with Crippen molar-refractivity contribution in [2.45, 2.75) is 31.3 Å². The summed E-state index contributed by atoms with van der Waals surface area (Å²) in [6.07, 6.45) is 3.40. The van der Waals surface area contributed by atoms with Crippen LogP contribution in [-0.4, -0.2) is 49.6 Å². The molecule has 1 aromatic carbocycles. The molecular weight excluding hydrogens is 253 g/mol. The van der Waals surface area contributed by atoms with E-state index in [2.05, 4.69) is 23.9 Å². The second-order valence-electron chi connectivity index (χ2n) is 6.01. The van der Waals surface area contributed by atoms with Crippen LogP contribution in [0.4, 0.5) is 4.39 Å². The molecule has 20 heavy (non-hydrogen) atoms. The Morgan fingerprint density at radius 3 is 2.95 bits per heavy atom. The lowest BCUT2D eigenvalue weighted by Gasteiger charge is -2.36. The molecule has 1 aliphatic rings. The Balaban J connectivity index is 1.82. The van der Waals surface area contributed by atoms with E-state index in [0.29, 0.717) is 6.04 Å². The number of hydrogen-bond donors (Lipinski definition) is 1. The van der Waals surface area contributed by atoms with Crippen LogP contribution in [0.25, 0.3) is 0 Å². The Hall–Kier alpha value is -0.970. The van der Waals surface area contributed by atoms with Gasteiger partial charge in [0.05, 0.1) is 0 Å². The Morgan fingerprint density at radius 2 is 2.25 bits per heavy atom. The lowest BCUT2D eigenvalue weighted by atomic mass is 10.0. The van der Waals surface area contributed by atoms with Crippen LogP contribution in [-0.2, 0) is 0 Å². The van der Waals surface area contributed by atoms with Crippen LogP contribution in [0.3, 0.4) is 0 Å². The molecule has 1 heterocycles. The second kappa shape index (κ2) is 7.16. The summed E-state index contributed by atoms with van der Waals surface area (Å²) in [5, 5.41) is 0. The molecule has 0 spiro atoms. The van der Waals surface area contributed by atoms with Crippen LogP contribution in [0.15, 0.2) is 24.3 Å². The first-order valence-corrected chi connectivity index (χ1v) is 7.46. The molecule has 2 rings (SSSR count). The highest BCUT2D eigenvalue weighted by atomic mass is 19.1. The van der Waals surface area contributed by atoms with Crippen molar-refractivity contribution >= 4 is 0 Å². The van der Waals surface area contributed by atoms with Gasteiger partial charge >= 0.3 is 0 Å². The Kier molecular flexibility index (Phi) is 5.52. The summed E-state index contributed by atoms with van der Waals surface area (Å²) in [4.78, 5) is 4.78. The van der Waals surface area contributed by atoms with Crippen molar-refractivity contribution in [3.63, 3.8) is 0 Å². The van der Waals surface area contributed by atoms with E-state index in [1.54, 1.807) is 12.1 Å². The predicted octanol–water partition coefficient (Wildman–Crippen LogP) is 2.24. The monoisotopic (exact) mass is 279 g/mol. The zero-order valence-corrected chi connectivity index (χ0v) is 12.6. The molecule has 1 aliphatic heterocycles. The third-order valence-corrected chi connectivity index (χ3v) is 4.24. The lowest BCUT2D eigenvalue weighted by Crippen LogP contribution is -2.45. The summed E-state index contributed by atoms with van der Waals surface area (Å²) < 4.78 is 13.2. The van der Waals surface area contributed by atoms with Gasteiger partial charge in [-0.05, 0) is 64.1 Å². The Labute approximate surface area is 121 Å². The zero-order chi connectivity index (χ0) is 14.5. The number of nitrogens with zero attached hydrogens (tertiary/aromatic N) is 2. The van der Waals surface area contributed by atoms with Crippen molar-refractivity contribution in [3.05, 3.63) is 35.6 Å². The van der Waals surface area contributed by atoms with Crippen LogP contribution in [0.5, 0.6) is 0 Å². The number of hydrogen-bond acceptors (Lipinski definition) is 3. The van der Waals surface area contributed by atoms with Gasteiger partial charge in [0.2, 0.25) is 0 Å². The van der Waals surface area contributed by atoms with E-state index < -0.39 is 0 Å². The summed E-state index contributed by atoms with van der Waals surface area (Å²) in [5.74, 6) is -0.205. The highest BCUT2D eigenvalue weighted by Gasteiger charge is 2.21. The van der Waals surface area contributed by atoms with Crippen LogP contribution >= 0.6 is 0 Å². The molecular formula is C16H26FN3. The summed E-state index contributed by atoms with van der Waals surface area (Å²) in [6, 6.07) is 7.21. The second-order valence-corrected chi connectivity index (χ2v) is 6.01. The number of rotatable bonds is 5. The maximum Gasteiger partial charge on any atom is 0.123 e. The van der Waals surface area contributed by atoms with Gasteiger partial charge in [0.15, 0.2) is 0 Å². The molecule has 3 nitrogen and oxygen atoms in total. The number of likely N-dealkylation sites (tertiary alicyclic amines) is 1. The van der Waals surface area contributed by atoms with Crippen LogP contribution < -0.4 is 5.73 Å². The average Bonchev–Trinajstić information content (AvgIpc) is 2.45. The lowest BCUT2D eigenvalue weighted by molar-refractivity contribution is 0.130. The molecule has 2 unspecified atom stereocenters. The minimum absolute atomic E-state index is 0.0783. The minimum atomic E-state index is -0.205. The van der Waals surface area contributed by atoms with Gasteiger partial charge in [-0.3, -0.25) is 0 Å². The van der Waals surface area contributed by atoms with Crippen molar-refractivity contribution in [2.24, 2.45) is 5.73 Å². The van der Waals surface area contributed by atoms with Crippen LogP contribution in [0, 0.1) is 5.82 Å². The molecule has 0 bridgehead atoms. The molecule has 4 heteroatoms. The minimum Gasteiger partial charge on any atom is -0.324 e. The topological polar surface area (TPSA) is 32.5 Å². The van der Waals surface area contributed by atoms with Gasteiger partial charge in [0.25, 0.3) is 0 Å². The van der Waals surface area contributed by atoms with E-state index in [0.717, 1.165) is 31.6 Å². The first kappa shape index (κ1) is 15.4. The molecule has 1 saturated heterocycles. The molecule has 1 fully saturated rings. The number of likely N-dealkylation sites (N-methyl/N-ethyl adjacent to an activating group) is 1. The van der Waals surface area contributed by atoms with E-state index in [4.69, 9.17) is 5.73 Å². The Bertz CT molecular complexity index is 422. The average molecular weight is 279 g/mol. The molecule has 0 amide bonds. The highest BCUT2D eigenvalue weighted by molar-refractivity contribution is 5.19. The zero-order valence-electron chi connectivity index (χ0n) is 12.6. The van der Waals surface area contributed by atoms with Gasteiger partial charge in [-0.15, -0.1) is 0 Å². The fourth-order valence-electron chi connectivity index (χ4n) is 2.88. The molecule has 2 atom stereocenters. The van der Waals surface area contributed by atoms with Crippen molar-refractivity contribution in [1.29, 1.82) is 0 Å². The fourth-order valence-corrected chi connectivity index (χ4v) is 2.88. The van der Waals surface area contributed by atoms with Gasteiger partial charge in [-0.2, -0.15) is 0 Å². The smallest absolute Gasteiger partial charge is 0.123 e. The van der Waals surface area contributed by atoms with Gasteiger partial charge in [-0.25, -0.2) is 4.39 Å². The van der Waals surface area contributed by atoms with E-state index in [1.807, 2.05) is 6.07 Å². The molecule has 0 saturated carbocycles. The summed E-state index contributed by atoms with van der Waals surface area (Å²) in [6.45, 7) is 3.26. The van der Waals surface area contributed by atoms with E-state index >= 15 is 0 Å². The first-order valence-electron chi connectivity index (χ1n) is 7.46. The largest absolute Gasteiger partial charge is 0.324 e.